The maximum absolute atomic E-state index is 11.9. The molecule has 2 N–H and O–H groups in total. The van der Waals surface area contributed by atoms with Crippen molar-refractivity contribution in [1.82, 2.24) is 10.6 Å². The van der Waals surface area contributed by atoms with Gasteiger partial charge in [0.2, 0.25) is 5.91 Å². The zero-order valence-electron chi connectivity index (χ0n) is 13.2. The Morgan fingerprint density at radius 3 is 2.52 bits per heavy atom. The third kappa shape index (κ3) is 5.51. The second-order valence-corrected chi connectivity index (χ2v) is 6.22. The lowest BCUT2D eigenvalue weighted by Crippen LogP contribution is -2.49. The van der Waals surface area contributed by atoms with Gasteiger partial charge in [-0.15, -0.1) is 0 Å². The summed E-state index contributed by atoms with van der Waals surface area (Å²) in [5.41, 5.74) is 1.22. The molecule has 0 aliphatic carbocycles. The van der Waals surface area contributed by atoms with E-state index in [4.69, 9.17) is 0 Å². The molecule has 0 aliphatic heterocycles. The zero-order valence-corrected chi connectivity index (χ0v) is 13.2. The number of nitro groups is 1. The summed E-state index contributed by atoms with van der Waals surface area (Å²) in [7, 11) is 0. The lowest BCUT2D eigenvalue weighted by Gasteiger charge is -2.23. The Morgan fingerprint density at radius 1 is 1.38 bits per heavy atom. The highest BCUT2D eigenvalue weighted by Gasteiger charge is 2.19. The summed E-state index contributed by atoms with van der Waals surface area (Å²) in [6.07, 6.45) is 0. The lowest BCUT2D eigenvalue weighted by atomic mass is 10.1. The molecule has 0 bridgehead atoms. The van der Waals surface area contributed by atoms with Gasteiger partial charge in [-0.05, 0) is 40.2 Å². The summed E-state index contributed by atoms with van der Waals surface area (Å²) in [6, 6.07) is 4.71. The quantitative estimate of drug-likeness (QED) is 0.644. The first kappa shape index (κ1) is 17.1. The van der Waals surface area contributed by atoms with E-state index in [1.807, 2.05) is 26.8 Å². The average molecular weight is 293 g/mol. The minimum absolute atomic E-state index is 0.0934. The van der Waals surface area contributed by atoms with E-state index < -0.39 is 4.92 Å². The molecule has 1 unspecified atom stereocenters. The molecule has 1 rings (SSSR count). The number of amides is 1. The summed E-state index contributed by atoms with van der Waals surface area (Å²) >= 11 is 0. The van der Waals surface area contributed by atoms with Gasteiger partial charge in [0.15, 0.2) is 0 Å². The SMILES string of the molecule is Cc1ccc(CNC(C)C(=O)NC(C)(C)C)cc1[N+](=O)[O-]. The van der Waals surface area contributed by atoms with E-state index in [0.717, 1.165) is 5.56 Å². The van der Waals surface area contributed by atoms with E-state index in [2.05, 4.69) is 10.6 Å². The first-order valence-electron chi connectivity index (χ1n) is 6.89. The van der Waals surface area contributed by atoms with Crippen molar-refractivity contribution in [3.63, 3.8) is 0 Å². The Bertz CT molecular complexity index is 535. The van der Waals surface area contributed by atoms with E-state index in [9.17, 15) is 14.9 Å². The van der Waals surface area contributed by atoms with Gasteiger partial charge < -0.3 is 10.6 Å². The molecular weight excluding hydrogens is 270 g/mol. The highest BCUT2D eigenvalue weighted by molar-refractivity contribution is 5.81. The Balaban J connectivity index is 2.65. The normalized spacial score (nSPS) is 12.8. The van der Waals surface area contributed by atoms with Gasteiger partial charge in [-0.25, -0.2) is 0 Å². The van der Waals surface area contributed by atoms with Crippen molar-refractivity contribution in [3.8, 4) is 0 Å². The maximum Gasteiger partial charge on any atom is 0.272 e. The number of aryl methyl sites for hydroxylation is 1. The van der Waals surface area contributed by atoms with E-state index in [1.165, 1.54) is 6.07 Å². The van der Waals surface area contributed by atoms with Gasteiger partial charge in [-0.2, -0.15) is 0 Å². The molecule has 0 aliphatic rings. The zero-order chi connectivity index (χ0) is 16.2. The van der Waals surface area contributed by atoms with Crippen LogP contribution in [0.3, 0.4) is 0 Å². The molecule has 0 spiro atoms. The van der Waals surface area contributed by atoms with Crippen LogP contribution < -0.4 is 10.6 Å². The number of carbonyl (C=O) groups excluding carboxylic acids is 1. The first-order valence-corrected chi connectivity index (χ1v) is 6.89. The van der Waals surface area contributed by atoms with Crippen molar-refractivity contribution in [2.75, 3.05) is 0 Å². The number of carbonyl (C=O) groups is 1. The van der Waals surface area contributed by atoms with Crippen LogP contribution in [0.2, 0.25) is 0 Å². The first-order chi connectivity index (χ1) is 9.60. The number of hydrogen-bond donors (Lipinski definition) is 2. The van der Waals surface area contributed by atoms with Gasteiger partial charge in [0.25, 0.3) is 5.69 Å². The van der Waals surface area contributed by atoms with Crippen LogP contribution in [-0.2, 0) is 11.3 Å². The number of nitrogens with zero attached hydrogens (tertiary/aromatic N) is 1. The molecule has 1 amide bonds. The highest BCUT2D eigenvalue weighted by atomic mass is 16.6. The van der Waals surface area contributed by atoms with Crippen LogP contribution in [0.1, 0.15) is 38.8 Å². The van der Waals surface area contributed by atoms with Crippen molar-refractivity contribution in [2.24, 2.45) is 0 Å². The fourth-order valence-electron chi connectivity index (χ4n) is 1.80. The molecule has 0 saturated carbocycles. The topological polar surface area (TPSA) is 84.3 Å². The predicted octanol–water partition coefficient (Wildman–Crippen LogP) is 2.30. The summed E-state index contributed by atoms with van der Waals surface area (Å²) in [4.78, 5) is 22.4. The molecule has 1 atom stereocenters. The molecule has 6 nitrogen and oxygen atoms in total. The summed E-state index contributed by atoms with van der Waals surface area (Å²) in [5.74, 6) is -0.0934. The van der Waals surface area contributed by atoms with E-state index in [0.29, 0.717) is 12.1 Å². The van der Waals surface area contributed by atoms with Gasteiger partial charge in [-0.3, -0.25) is 14.9 Å². The molecule has 0 aromatic heterocycles. The molecule has 6 heteroatoms. The maximum atomic E-state index is 11.9. The largest absolute Gasteiger partial charge is 0.350 e. The van der Waals surface area contributed by atoms with Crippen molar-refractivity contribution in [3.05, 3.63) is 39.4 Å². The van der Waals surface area contributed by atoms with Gasteiger partial charge in [0.1, 0.15) is 0 Å². The van der Waals surface area contributed by atoms with Crippen LogP contribution in [0, 0.1) is 17.0 Å². The molecule has 0 fully saturated rings. The second-order valence-electron chi connectivity index (χ2n) is 6.22. The van der Waals surface area contributed by atoms with E-state index >= 15 is 0 Å². The van der Waals surface area contributed by atoms with Gasteiger partial charge >= 0.3 is 0 Å². The second kappa shape index (κ2) is 6.67. The highest BCUT2D eigenvalue weighted by Crippen LogP contribution is 2.19. The number of rotatable bonds is 5. The van der Waals surface area contributed by atoms with E-state index in [-0.39, 0.29) is 23.2 Å². The van der Waals surface area contributed by atoms with Gasteiger partial charge in [-0.1, -0.05) is 12.1 Å². The standard InChI is InChI=1S/C15H23N3O3/c1-10-6-7-12(8-13(10)18(20)21)9-16-11(2)14(19)17-15(3,4)5/h6-8,11,16H,9H2,1-5H3,(H,17,19). The lowest BCUT2D eigenvalue weighted by molar-refractivity contribution is -0.385. The minimum atomic E-state index is -0.394. The molecule has 0 radical (unpaired) electrons. The fraction of sp³-hybridized carbons (Fsp3) is 0.533. The summed E-state index contributed by atoms with van der Waals surface area (Å²) < 4.78 is 0. The van der Waals surface area contributed by atoms with Crippen LogP contribution >= 0.6 is 0 Å². The summed E-state index contributed by atoms with van der Waals surface area (Å²) in [6.45, 7) is 9.63. The van der Waals surface area contributed by atoms with E-state index in [1.54, 1.807) is 19.9 Å². The summed E-state index contributed by atoms with van der Waals surface area (Å²) in [5, 5.41) is 16.9. The third-order valence-corrected chi connectivity index (χ3v) is 2.97. The van der Waals surface area contributed by atoms with Crippen LogP contribution in [0.25, 0.3) is 0 Å². The monoisotopic (exact) mass is 293 g/mol. The molecule has 21 heavy (non-hydrogen) atoms. The Morgan fingerprint density at radius 2 is 2.00 bits per heavy atom. The van der Waals surface area contributed by atoms with Crippen LogP contribution in [0.4, 0.5) is 5.69 Å². The van der Waals surface area contributed by atoms with Crippen molar-refractivity contribution < 1.29 is 9.72 Å². The third-order valence-electron chi connectivity index (χ3n) is 2.97. The fourth-order valence-corrected chi connectivity index (χ4v) is 1.80. The van der Waals surface area contributed by atoms with Gasteiger partial charge in [0, 0.05) is 23.7 Å². The number of nitro benzene ring substituents is 1. The number of nitrogens with one attached hydrogen (secondary N) is 2. The number of hydrogen-bond acceptors (Lipinski definition) is 4. The smallest absolute Gasteiger partial charge is 0.272 e. The van der Waals surface area contributed by atoms with Crippen molar-refractivity contribution >= 4 is 11.6 Å². The van der Waals surface area contributed by atoms with Crippen molar-refractivity contribution in [2.45, 2.75) is 52.7 Å². The minimum Gasteiger partial charge on any atom is -0.350 e. The molecule has 0 heterocycles. The molecule has 1 aromatic rings. The van der Waals surface area contributed by atoms with Crippen LogP contribution in [0.15, 0.2) is 18.2 Å². The van der Waals surface area contributed by atoms with Crippen LogP contribution in [0.5, 0.6) is 0 Å². The molecule has 116 valence electrons. The van der Waals surface area contributed by atoms with Gasteiger partial charge in [0.05, 0.1) is 11.0 Å². The molecular formula is C15H23N3O3. The predicted molar refractivity (Wildman–Crippen MR) is 82.0 cm³/mol. The number of benzene rings is 1. The Kier molecular flexibility index (Phi) is 5.43. The molecule has 1 aromatic carbocycles. The van der Waals surface area contributed by atoms with Crippen LogP contribution in [-0.4, -0.2) is 22.4 Å². The Hall–Kier alpha value is -1.95. The Labute approximate surface area is 125 Å². The van der Waals surface area contributed by atoms with Crippen molar-refractivity contribution in [1.29, 1.82) is 0 Å². The molecule has 0 saturated heterocycles. The average Bonchev–Trinajstić information content (AvgIpc) is 2.34.